The quantitative estimate of drug-likeness (QED) is 0.731. The number of benzene rings is 1. The number of hydrogen-bond donors (Lipinski definition) is 3. The summed E-state index contributed by atoms with van der Waals surface area (Å²) >= 11 is 0. The number of sulfonamides is 1. The van der Waals surface area contributed by atoms with Crippen molar-refractivity contribution >= 4 is 15.7 Å². The van der Waals surface area contributed by atoms with Gasteiger partial charge in [-0.05, 0) is 32.0 Å². The predicted molar refractivity (Wildman–Crippen MR) is 67.3 cm³/mol. The summed E-state index contributed by atoms with van der Waals surface area (Å²) in [4.78, 5) is 0.281. The van der Waals surface area contributed by atoms with Crippen LogP contribution in [0.25, 0.3) is 0 Å². The third kappa shape index (κ3) is 2.59. The summed E-state index contributed by atoms with van der Waals surface area (Å²) < 4.78 is 25.9. The molecule has 0 saturated heterocycles. The van der Waals surface area contributed by atoms with Gasteiger partial charge in [-0.2, -0.15) is 0 Å². The number of para-hydroxylation sites is 1. The second-order valence-corrected chi connectivity index (χ2v) is 6.13. The van der Waals surface area contributed by atoms with E-state index in [1.54, 1.807) is 18.2 Å². The summed E-state index contributed by atoms with van der Waals surface area (Å²) in [7, 11) is -2.01. The molecule has 1 aromatic rings. The molecule has 0 heterocycles. The second kappa shape index (κ2) is 4.64. The molecule has 2 rings (SSSR count). The highest BCUT2D eigenvalue weighted by Gasteiger charge is 2.27. The van der Waals surface area contributed by atoms with Gasteiger partial charge in [-0.15, -0.1) is 0 Å². The second-order valence-electron chi connectivity index (χ2n) is 4.28. The minimum absolute atomic E-state index is 0.237. The van der Waals surface area contributed by atoms with E-state index in [0.29, 0.717) is 5.69 Å². The minimum Gasteiger partial charge on any atom is -0.381 e. The van der Waals surface area contributed by atoms with E-state index in [4.69, 9.17) is 5.73 Å². The van der Waals surface area contributed by atoms with Gasteiger partial charge in [0.2, 0.25) is 10.0 Å². The van der Waals surface area contributed by atoms with Crippen LogP contribution in [0.5, 0.6) is 0 Å². The largest absolute Gasteiger partial charge is 0.381 e. The maximum absolute atomic E-state index is 11.8. The lowest BCUT2D eigenvalue weighted by molar-refractivity contribution is 0.373. The van der Waals surface area contributed by atoms with Crippen LogP contribution in [0.3, 0.4) is 0 Å². The normalized spacial score (nSPS) is 24.1. The first kappa shape index (κ1) is 12.3. The highest BCUT2D eigenvalue weighted by atomic mass is 32.2. The molecule has 5 nitrogen and oxygen atoms in total. The number of nitrogens with one attached hydrogen (secondary N) is 2. The molecular formula is C11H17N3O2S. The first-order valence-electron chi connectivity index (χ1n) is 5.57. The van der Waals surface area contributed by atoms with Crippen molar-refractivity contribution in [2.45, 2.75) is 29.8 Å². The molecule has 0 spiro atoms. The van der Waals surface area contributed by atoms with Crippen molar-refractivity contribution in [2.75, 3.05) is 12.4 Å². The van der Waals surface area contributed by atoms with Gasteiger partial charge in [0.1, 0.15) is 4.90 Å². The van der Waals surface area contributed by atoms with Crippen LogP contribution < -0.4 is 15.8 Å². The maximum atomic E-state index is 11.8. The lowest BCUT2D eigenvalue weighted by Gasteiger charge is -2.34. The van der Waals surface area contributed by atoms with Crippen LogP contribution in [0.2, 0.25) is 0 Å². The zero-order valence-electron chi connectivity index (χ0n) is 9.68. The van der Waals surface area contributed by atoms with Crippen LogP contribution in [0.15, 0.2) is 29.2 Å². The summed E-state index contributed by atoms with van der Waals surface area (Å²) in [5.74, 6) is 0. The Balaban J connectivity index is 2.22. The monoisotopic (exact) mass is 255 g/mol. The van der Waals surface area contributed by atoms with Gasteiger partial charge in [0.05, 0.1) is 5.69 Å². The molecule has 6 heteroatoms. The standard InChI is InChI=1S/C11H17N3O2S/c1-13-17(15,16)11-5-3-2-4-10(11)14-9-6-8(12)7-9/h2-5,8-9,13-14H,6-7,12H2,1H3. The van der Waals surface area contributed by atoms with Crippen LogP contribution in [-0.2, 0) is 10.0 Å². The molecule has 0 aromatic heterocycles. The maximum Gasteiger partial charge on any atom is 0.242 e. The van der Waals surface area contributed by atoms with E-state index in [-0.39, 0.29) is 17.0 Å². The van der Waals surface area contributed by atoms with Gasteiger partial charge in [-0.3, -0.25) is 0 Å². The van der Waals surface area contributed by atoms with Crippen LogP contribution >= 0.6 is 0 Å². The molecule has 1 saturated carbocycles. The fourth-order valence-corrected chi connectivity index (χ4v) is 2.82. The predicted octanol–water partition coefficient (Wildman–Crippen LogP) is 0.496. The third-order valence-electron chi connectivity index (χ3n) is 2.98. The molecule has 0 aliphatic heterocycles. The van der Waals surface area contributed by atoms with Crippen LogP contribution in [-0.4, -0.2) is 27.5 Å². The van der Waals surface area contributed by atoms with E-state index in [1.807, 2.05) is 6.07 Å². The Labute approximate surface area is 101 Å². The highest BCUT2D eigenvalue weighted by molar-refractivity contribution is 7.89. The molecule has 1 aliphatic rings. The van der Waals surface area contributed by atoms with Crippen molar-refractivity contribution in [3.05, 3.63) is 24.3 Å². The Morgan fingerprint density at radius 3 is 2.53 bits per heavy atom. The summed E-state index contributed by atoms with van der Waals surface area (Å²) in [6.45, 7) is 0. The van der Waals surface area contributed by atoms with Crippen LogP contribution in [0, 0.1) is 0 Å². The van der Waals surface area contributed by atoms with Crippen molar-refractivity contribution in [3.63, 3.8) is 0 Å². The van der Waals surface area contributed by atoms with E-state index in [2.05, 4.69) is 10.0 Å². The molecule has 4 N–H and O–H groups in total. The molecule has 0 bridgehead atoms. The average Bonchev–Trinajstić information content (AvgIpc) is 2.27. The molecule has 0 atom stereocenters. The SMILES string of the molecule is CNS(=O)(=O)c1ccccc1NC1CC(N)C1. The molecule has 17 heavy (non-hydrogen) atoms. The van der Waals surface area contributed by atoms with Crippen molar-refractivity contribution in [1.82, 2.24) is 4.72 Å². The Morgan fingerprint density at radius 1 is 1.29 bits per heavy atom. The lowest BCUT2D eigenvalue weighted by atomic mass is 9.87. The molecule has 94 valence electrons. The van der Waals surface area contributed by atoms with E-state index in [1.165, 1.54) is 7.05 Å². The Kier molecular flexibility index (Phi) is 3.37. The zero-order chi connectivity index (χ0) is 12.5. The van der Waals surface area contributed by atoms with Gasteiger partial charge >= 0.3 is 0 Å². The topological polar surface area (TPSA) is 84.2 Å². The van der Waals surface area contributed by atoms with Crippen molar-refractivity contribution in [1.29, 1.82) is 0 Å². The summed E-state index contributed by atoms with van der Waals surface area (Å²) in [5.41, 5.74) is 6.34. The van der Waals surface area contributed by atoms with Crippen LogP contribution in [0.4, 0.5) is 5.69 Å². The number of nitrogens with two attached hydrogens (primary N) is 1. The Bertz CT molecular complexity index is 495. The van der Waals surface area contributed by atoms with Gasteiger partial charge < -0.3 is 11.1 Å². The molecule has 1 aromatic carbocycles. The Hall–Kier alpha value is -1.11. The minimum atomic E-state index is -3.42. The van der Waals surface area contributed by atoms with Gasteiger partial charge in [-0.25, -0.2) is 13.1 Å². The summed E-state index contributed by atoms with van der Waals surface area (Å²) in [6.07, 6.45) is 1.77. The van der Waals surface area contributed by atoms with Gasteiger partial charge in [0.25, 0.3) is 0 Å². The van der Waals surface area contributed by atoms with Gasteiger partial charge in [0, 0.05) is 12.1 Å². The molecule has 0 radical (unpaired) electrons. The molecule has 0 amide bonds. The van der Waals surface area contributed by atoms with Crippen molar-refractivity contribution < 1.29 is 8.42 Å². The van der Waals surface area contributed by atoms with E-state index in [9.17, 15) is 8.42 Å². The number of hydrogen-bond acceptors (Lipinski definition) is 4. The molecular weight excluding hydrogens is 238 g/mol. The summed E-state index contributed by atoms with van der Waals surface area (Å²) in [6, 6.07) is 7.40. The zero-order valence-corrected chi connectivity index (χ0v) is 10.5. The lowest BCUT2D eigenvalue weighted by Crippen LogP contribution is -2.44. The third-order valence-corrected chi connectivity index (χ3v) is 4.45. The smallest absolute Gasteiger partial charge is 0.242 e. The highest BCUT2D eigenvalue weighted by Crippen LogP contribution is 2.26. The van der Waals surface area contributed by atoms with Gasteiger partial charge in [-0.1, -0.05) is 12.1 Å². The molecule has 0 unspecified atom stereocenters. The van der Waals surface area contributed by atoms with E-state index >= 15 is 0 Å². The van der Waals surface area contributed by atoms with Crippen molar-refractivity contribution in [2.24, 2.45) is 5.73 Å². The van der Waals surface area contributed by atoms with Crippen LogP contribution in [0.1, 0.15) is 12.8 Å². The fraction of sp³-hybridized carbons (Fsp3) is 0.455. The number of anilines is 1. The van der Waals surface area contributed by atoms with E-state index < -0.39 is 10.0 Å². The van der Waals surface area contributed by atoms with Crippen molar-refractivity contribution in [3.8, 4) is 0 Å². The van der Waals surface area contributed by atoms with Gasteiger partial charge in [0.15, 0.2) is 0 Å². The fourth-order valence-electron chi connectivity index (χ4n) is 1.93. The average molecular weight is 255 g/mol. The first-order chi connectivity index (χ1) is 8.03. The summed E-state index contributed by atoms with van der Waals surface area (Å²) in [5, 5.41) is 3.22. The Morgan fingerprint density at radius 2 is 1.94 bits per heavy atom. The first-order valence-corrected chi connectivity index (χ1v) is 7.06. The molecule has 1 fully saturated rings. The molecule has 1 aliphatic carbocycles. The van der Waals surface area contributed by atoms with E-state index in [0.717, 1.165) is 12.8 Å². The number of rotatable bonds is 4.